The molecule has 112 valence electrons. The maximum Gasteiger partial charge on any atom is 0.416 e. The zero-order chi connectivity index (χ0) is 15.8. The summed E-state index contributed by atoms with van der Waals surface area (Å²) in [5.74, 6) is -0.122. The Bertz CT molecular complexity index is 666. The highest BCUT2D eigenvalue weighted by Crippen LogP contribution is 2.29. The van der Waals surface area contributed by atoms with Crippen LogP contribution in [-0.4, -0.2) is 10.8 Å². The van der Waals surface area contributed by atoms with E-state index in [9.17, 15) is 18.0 Å². The van der Waals surface area contributed by atoms with Gasteiger partial charge < -0.3 is 4.98 Å². The number of aryl methyl sites for hydroxylation is 1. The SMILES string of the molecule is Cc1[nH]c(C(=O)Cc2ccc(C(F)(F)F)cc2)c(C)c1C. The van der Waals surface area contributed by atoms with E-state index in [4.69, 9.17) is 0 Å². The van der Waals surface area contributed by atoms with Crippen molar-refractivity contribution in [3.05, 3.63) is 57.9 Å². The second-order valence-corrected chi connectivity index (χ2v) is 5.17. The summed E-state index contributed by atoms with van der Waals surface area (Å²) in [4.78, 5) is 15.3. The van der Waals surface area contributed by atoms with E-state index in [-0.39, 0.29) is 12.2 Å². The Morgan fingerprint density at radius 2 is 1.62 bits per heavy atom. The molecular formula is C16H16F3NO. The third kappa shape index (κ3) is 3.17. The minimum absolute atomic E-state index is 0.0817. The second-order valence-electron chi connectivity index (χ2n) is 5.17. The molecule has 0 saturated carbocycles. The Kier molecular flexibility index (Phi) is 3.94. The molecule has 1 aromatic heterocycles. The van der Waals surface area contributed by atoms with Gasteiger partial charge in [0.05, 0.1) is 11.3 Å². The van der Waals surface area contributed by atoms with Crippen molar-refractivity contribution in [1.82, 2.24) is 4.98 Å². The van der Waals surface area contributed by atoms with Gasteiger partial charge in [0.25, 0.3) is 0 Å². The first-order valence-corrected chi connectivity index (χ1v) is 6.55. The molecule has 1 heterocycles. The Hall–Kier alpha value is -2.04. The lowest BCUT2D eigenvalue weighted by Crippen LogP contribution is -2.08. The lowest BCUT2D eigenvalue weighted by Gasteiger charge is -2.07. The fourth-order valence-electron chi connectivity index (χ4n) is 2.21. The van der Waals surface area contributed by atoms with Crippen molar-refractivity contribution in [2.75, 3.05) is 0 Å². The molecule has 0 unspecified atom stereocenters. The van der Waals surface area contributed by atoms with Gasteiger partial charge in [0.2, 0.25) is 0 Å². The molecule has 0 aliphatic rings. The van der Waals surface area contributed by atoms with Crippen LogP contribution in [0.15, 0.2) is 24.3 Å². The molecule has 0 amide bonds. The number of ketones is 1. The van der Waals surface area contributed by atoms with E-state index < -0.39 is 11.7 Å². The second kappa shape index (κ2) is 5.39. The highest BCUT2D eigenvalue weighted by Gasteiger charge is 2.30. The van der Waals surface area contributed by atoms with Gasteiger partial charge in [-0.2, -0.15) is 13.2 Å². The number of nitrogens with one attached hydrogen (secondary N) is 1. The van der Waals surface area contributed by atoms with Crippen molar-refractivity contribution in [3.8, 4) is 0 Å². The first kappa shape index (κ1) is 15.4. The predicted octanol–water partition coefficient (Wildman–Crippen LogP) is 4.38. The molecule has 1 N–H and O–H groups in total. The van der Waals surface area contributed by atoms with Gasteiger partial charge in [-0.3, -0.25) is 4.79 Å². The predicted molar refractivity (Wildman–Crippen MR) is 74.5 cm³/mol. The van der Waals surface area contributed by atoms with E-state index in [2.05, 4.69) is 4.98 Å². The maximum absolute atomic E-state index is 12.5. The zero-order valence-corrected chi connectivity index (χ0v) is 12.1. The maximum atomic E-state index is 12.5. The Balaban J connectivity index is 2.18. The van der Waals surface area contributed by atoms with Crippen molar-refractivity contribution in [2.24, 2.45) is 0 Å². The summed E-state index contributed by atoms with van der Waals surface area (Å²) in [7, 11) is 0. The van der Waals surface area contributed by atoms with Crippen LogP contribution >= 0.6 is 0 Å². The Morgan fingerprint density at radius 3 is 2.05 bits per heavy atom. The van der Waals surface area contributed by atoms with Gasteiger partial charge in [-0.15, -0.1) is 0 Å². The van der Waals surface area contributed by atoms with E-state index in [0.29, 0.717) is 11.3 Å². The van der Waals surface area contributed by atoms with Crippen molar-refractivity contribution >= 4 is 5.78 Å². The third-order valence-corrected chi connectivity index (χ3v) is 3.74. The van der Waals surface area contributed by atoms with E-state index in [1.54, 1.807) is 0 Å². The topological polar surface area (TPSA) is 32.9 Å². The van der Waals surface area contributed by atoms with E-state index in [1.807, 2.05) is 20.8 Å². The van der Waals surface area contributed by atoms with Gasteiger partial charge in [0.15, 0.2) is 5.78 Å². The van der Waals surface area contributed by atoms with E-state index in [1.165, 1.54) is 12.1 Å². The molecule has 0 aliphatic carbocycles. The van der Waals surface area contributed by atoms with Crippen molar-refractivity contribution < 1.29 is 18.0 Å². The van der Waals surface area contributed by atoms with Gasteiger partial charge in [0.1, 0.15) is 0 Å². The largest absolute Gasteiger partial charge is 0.416 e. The average molecular weight is 295 g/mol. The molecule has 0 aliphatic heterocycles. The number of carbonyl (C=O) groups is 1. The number of hydrogen-bond donors (Lipinski definition) is 1. The molecule has 0 spiro atoms. The monoisotopic (exact) mass is 295 g/mol. The average Bonchev–Trinajstić information content (AvgIpc) is 2.66. The molecule has 0 fully saturated rings. The minimum Gasteiger partial charge on any atom is -0.356 e. The van der Waals surface area contributed by atoms with Crippen LogP contribution in [0.5, 0.6) is 0 Å². The van der Waals surface area contributed by atoms with Gasteiger partial charge in [-0.1, -0.05) is 12.1 Å². The summed E-state index contributed by atoms with van der Waals surface area (Å²) in [6, 6.07) is 4.69. The van der Waals surface area contributed by atoms with Crippen LogP contribution in [0.25, 0.3) is 0 Å². The lowest BCUT2D eigenvalue weighted by atomic mass is 10.0. The van der Waals surface area contributed by atoms with Crippen LogP contribution in [0, 0.1) is 20.8 Å². The first-order valence-electron chi connectivity index (χ1n) is 6.55. The Morgan fingerprint density at radius 1 is 1.05 bits per heavy atom. The smallest absolute Gasteiger partial charge is 0.356 e. The summed E-state index contributed by atoms with van der Waals surface area (Å²) in [6.07, 6.45) is -4.27. The summed E-state index contributed by atoms with van der Waals surface area (Å²) in [5, 5.41) is 0. The molecule has 2 nitrogen and oxygen atoms in total. The highest BCUT2D eigenvalue weighted by molar-refractivity contribution is 5.97. The number of aromatic amines is 1. The van der Waals surface area contributed by atoms with Crippen LogP contribution in [0.4, 0.5) is 13.2 Å². The minimum atomic E-state index is -4.35. The summed E-state index contributed by atoms with van der Waals surface area (Å²) in [5.41, 5.74) is 3.25. The van der Waals surface area contributed by atoms with E-state index >= 15 is 0 Å². The van der Waals surface area contributed by atoms with Crippen molar-refractivity contribution in [3.63, 3.8) is 0 Å². The van der Waals surface area contributed by atoms with E-state index in [0.717, 1.165) is 29.0 Å². The number of halogens is 3. The number of hydrogen-bond acceptors (Lipinski definition) is 1. The van der Waals surface area contributed by atoms with Crippen molar-refractivity contribution in [2.45, 2.75) is 33.4 Å². The summed E-state index contributed by atoms with van der Waals surface area (Å²) in [6.45, 7) is 5.67. The molecule has 21 heavy (non-hydrogen) atoms. The molecule has 0 saturated heterocycles. The van der Waals surface area contributed by atoms with Gasteiger partial charge in [-0.25, -0.2) is 0 Å². The molecule has 0 atom stereocenters. The molecule has 2 rings (SSSR count). The van der Waals surface area contributed by atoms with Crippen molar-refractivity contribution in [1.29, 1.82) is 0 Å². The van der Waals surface area contributed by atoms with Gasteiger partial charge >= 0.3 is 6.18 Å². The molecule has 5 heteroatoms. The number of H-pyrrole nitrogens is 1. The summed E-state index contributed by atoms with van der Waals surface area (Å²) >= 11 is 0. The molecular weight excluding hydrogens is 279 g/mol. The van der Waals surface area contributed by atoms with Gasteiger partial charge in [0, 0.05) is 12.1 Å². The third-order valence-electron chi connectivity index (χ3n) is 3.74. The van der Waals surface area contributed by atoms with Crippen LogP contribution in [-0.2, 0) is 12.6 Å². The number of Topliss-reactive ketones (excluding diaryl/α,β-unsaturated/α-hetero) is 1. The quantitative estimate of drug-likeness (QED) is 0.837. The van der Waals surface area contributed by atoms with Crippen LogP contribution < -0.4 is 0 Å². The number of carbonyl (C=O) groups excluding carboxylic acids is 1. The summed E-state index contributed by atoms with van der Waals surface area (Å²) < 4.78 is 37.4. The number of aromatic nitrogens is 1. The highest BCUT2D eigenvalue weighted by atomic mass is 19.4. The molecule has 0 radical (unpaired) electrons. The fourth-order valence-corrected chi connectivity index (χ4v) is 2.21. The normalized spacial score (nSPS) is 11.7. The molecule has 1 aromatic carbocycles. The number of benzene rings is 1. The first-order chi connectivity index (χ1) is 9.70. The molecule has 0 bridgehead atoms. The Labute approximate surface area is 121 Å². The fraction of sp³-hybridized carbons (Fsp3) is 0.312. The van der Waals surface area contributed by atoms with Crippen LogP contribution in [0.1, 0.15) is 38.4 Å². The standard InChI is InChI=1S/C16H16F3NO/c1-9-10(2)15(20-11(9)3)14(21)8-12-4-6-13(7-5-12)16(17,18)19/h4-7,20H,8H2,1-3H3. The lowest BCUT2D eigenvalue weighted by molar-refractivity contribution is -0.137. The zero-order valence-electron chi connectivity index (χ0n) is 12.1. The van der Waals surface area contributed by atoms with Gasteiger partial charge in [-0.05, 0) is 49.6 Å². The number of alkyl halides is 3. The number of rotatable bonds is 3. The van der Waals surface area contributed by atoms with Crippen LogP contribution in [0.2, 0.25) is 0 Å². The molecule has 2 aromatic rings. The van der Waals surface area contributed by atoms with Crippen LogP contribution in [0.3, 0.4) is 0 Å².